The van der Waals surface area contributed by atoms with Gasteiger partial charge >= 0.3 is 0 Å². The average molecular weight is 340 g/mol. The third kappa shape index (κ3) is 5.52. The zero-order valence-electron chi connectivity index (χ0n) is 15.4. The fraction of sp³-hybridized carbons (Fsp3) is 0.381. The van der Waals surface area contributed by atoms with Crippen molar-refractivity contribution in [3.63, 3.8) is 0 Å². The predicted molar refractivity (Wildman–Crippen MR) is 103 cm³/mol. The Balaban J connectivity index is 1.81. The summed E-state index contributed by atoms with van der Waals surface area (Å²) in [5.74, 6) is 0.861. The number of hydrogen-bond donors (Lipinski definition) is 2. The highest BCUT2D eigenvalue weighted by Crippen LogP contribution is 2.22. The van der Waals surface area contributed by atoms with Gasteiger partial charge in [-0.3, -0.25) is 4.79 Å². The van der Waals surface area contributed by atoms with Crippen molar-refractivity contribution >= 4 is 11.6 Å². The summed E-state index contributed by atoms with van der Waals surface area (Å²) >= 11 is 0. The number of rotatable bonds is 9. The summed E-state index contributed by atoms with van der Waals surface area (Å²) in [6.07, 6.45) is 2.71. The maximum absolute atomic E-state index is 12.1. The number of anilines is 1. The van der Waals surface area contributed by atoms with Crippen molar-refractivity contribution in [1.29, 1.82) is 0 Å². The Kier molecular flexibility index (Phi) is 7.33. The lowest BCUT2D eigenvalue weighted by Crippen LogP contribution is -2.31. The van der Waals surface area contributed by atoms with Crippen molar-refractivity contribution in [2.75, 3.05) is 25.5 Å². The van der Waals surface area contributed by atoms with Crippen molar-refractivity contribution < 1.29 is 9.53 Å². The number of para-hydroxylation sites is 1. The maximum Gasteiger partial charge on any atom is 0.239 e. The number of amides is 1. The van der Waals surface area contributed by atoms with Crippen LogP contribution in [0.1, 0.15) is 30.5 Å². The van der Waals surface area contributed by atoms with Gasteiger partial charge in [0.25, 0.3) is 0 Å². The van der Waals surface area contributed by atoms with E-state index in [9.17, 15) is 4.79 Å². The SMILES string of the molecule is CCc1cccc(CC)c1NCC(=O)NCCc1ccc(OC)cc1. The van der Waals surface area contributed by atoms with Gasteiger partial charge in [0.05, 0.1) is 13.7 Å². The van der Waals surface area contributed by atoms with E-state index in [1.165, 1.54) is 16.7 Å². The van der Waals surface area contributed by atoms with Gasteiger partial charge in [0, 0.05) is 12.2 Å². The van der Waals surface area contributed by atoms with Crippen LogP contribution in [0, 0.1) is 0 Å². The van der Waals surface area contributed by atoms with E-state index >= 15 is 0 Å². The van der Waals surface area contributed by atoms with Crippen LogP contribution >= 0.6 is 0 Å². The number of aryl methyl sites for hydroxylation is 2. The van der Waals surface area contributed by atoms with Crippen LogP contribution < -0.4 is 15.4 Å². The number of carbonyl (C=O) groups excluding carboxylic acids is 1. The van der Waals surface area contributed by atoms with E-state index in [1.807, 2.05) is 24.3 Å². The molecule has 4 nitrogen and oxygen atoms in total. The van der Waals surface area contributed by atoms with E-state index in [-0.39, 0.29) is 5.91 Å². The first kappa shape index (κ1) is 18.8. The molecule has 0 aliphatic rings. The molecular weight excluding hydrogens is 312 g/mol. The van der Waals surface area contributed by atoms with Crippen LogP contribution in [-0.4, -0.2) is 26.1 Å². The molecule has 4 heteroatoms. The van der Waals surface area contributed by atoms with Gasteiger partial charge in [-0.1, -0.05) is 44.2 Å². The largest absolute Gasteiger partial charge is 0.497 e. The first-order valence-corrected chi connectivity index (χ1v) is 8.92. The minimum Gasteiger partial charge on any atom is -0.497 e. The van der Waals surface area contributed by atoms with Crippen molar-refractivity contribution in [3.8, 4) is 5.75 Å². The third-order valence-electron chi connectivity index (χ3n) is 4.32. The molecule has 2 aromatic rings. The molecule has 0 bridgehead atoms. The molecule has 25 heavy (non-hydrogen) atoms. The van der Waals surface area contributed by atoms with Gasteiger partial charge in [0.15, 0.2) is 0 Å². The molecule has 0 aromatic heterocycles. The minimum atomic E-state index is 0.0153. The normalized spacial score (nSPS) is 10.4. The Labute approximate surface area is 150 Å². The lowest BCUT2D eigenvalue weighted by atomic mass is 10.0. The minimum absolute atomic E-state index is 0.0153. The molecule has 0 atom stereocenters. The molecule has 1 amide bonds. The van der Waals surface area contributed by atoms with Crippen LogP contribution in [0.3, 0.4) is 0 Å². The Bertz CT molecular complexity index is 659. The van der Waals surface area contributed by atoms with E-state index in [4.69, 9.17) is 4.74 Å². The molecule has 0 heterocycles. The standard InChI is InChI=1S/C21H28N2O2/c1-4-17-7-6-8-18(5-2)21(17)23-15-20(24)22-14-13-16-9-11-19(25-3)12-10-16/h6-12,23H,4-5,13-15H2,1-3H3,(H,22,24). The van der Waals surface area contributed by atoms with Gasteiger partial charge in [0.2, 0.25) is 5.91 Å². The van der Waals surface area contributed by atoms with Gasteiger partial charge in [-0.05, 0) is 48.1 Å². The molecule has 0 aliphatic heterocycles. The quantitative estimate of drug-likeness (QED) is 0.733. The van der Waals surface area contributed by atoms with Crippen molar-refractivity contribution in [2.45, 2.75) is 33.1 Å². The van der Waals surface area contributed by atoms with Crippen molar-refractivity contribution in [2.24, 2.45) is 0 Å². The van der Waals surface area contributed by atoms with Gasteiger partial charge in [-0.25, -0.2) is 0 Å². The van der Waals surface area contributed by atoms with Crippen LogP contribution in [0.4, 0.5) is 5.69 Å². The van der Waals surface area contributed by atoms with Gasteiger partial charge < -0.3 is 15.4 Å². The van der Waals surface area contributed by atoms with Crippen molar-refractivity contribution in [3.05, 3.63) is 59.2 Å². The second-order valence-electron chi connectivity index (χ2n) is 5.96. The number of nitrogens with one attached hydrogen (secondary N) is 2. The van der Waals surface area contributed by atoms with Crippen LogP contribution in [0.5, 0.6) is 5.75 Å². The molecular formula is C21H28N2O2. The summed E-state index contributed by atoms with van der Waals surface area (Å²) in [6.45, 7) is 5.19. The summed E-state index contributed by atoms with van der Waals surface area (Å²) in [7, 11) is 1.66. The van der Waals surface area contributed by atoms with Crippen molar-refractivity contribution in [1.82, 2.24) is 5.32 Å². The van der Waals surface area contributed by atoms with E-state index in [0.29, 0.717) is 13.1 Å². The van der Waals surface area contributed by atoms with E-state index < -0.39 is 0 Å². The first-order valence-electron chi connectivity index (χ1n) is 8.92. The number of ether oxygens (including phenoxy) is 1. The predicted octanol–water partition coefficient (Wildman–Crippen LogP) is 3.59. The van der Waals surface area contributed by atoms with E-state index in [0.717, 1.165) is 30.7 Å². The molecule has 2 N–H and O–H groups in total. The fourth-order valence-electron chi connectivity index (χ4n) is 2.84. The highest BCUT2D eigenvalue weighted by atomic mass is 16.5. The van der Waals surface area contributed by atoms with Crippen LogP contribution in [-0.2, 0) is 24.1 Å². The number of benzene rings is 2. The third-order valence-corrected chi connectivity index (χ3v) is 4.32. The summed E-state index contributed by atoms with van der Waals surface area (Å²) < 4.78 is 5.15. The molecule has 0 saturated heterocycles. The Morgan fingerprint density at radius 1 is 1.00 bits per heavy atom. The molecule has 0 unspecified atom stereocenters. The molecule has 0 spiro atoms. The molecule has 0 saturated carbocycles. The molecule has 0 radical (unpaired) electrons. The zero-order valence-corrected chi connectivity index (χ0v) is 15.4. The molecule has 0 fully saturated rings. The fourth-order valence-corrected chi connectivity index (χ4v) is 2.84. The van der Waals surface area contributed by atoms with Crippen LogP contribution in [0.15, 0.2) is 42.5 Å². The monoisotopic (exact) mass is 340 g/mol. The summed E-state index contributed by atoms with van der Waals surface area (Å²) in [5.41, 5.74) is 4.80. The van der Waals surface area contributed by atoms with E-state index in [1.54, 1.807) is 7.11 Å². The zero-order chi connectivity index (χ0) is 18.1. The Hall–Kier alpha value is -2.49. The number of hydrogen-bond acceptors (Lipinski definition) is 3. The summed E-state index contributed by atoms with van der Waals surface area (Å²) in [4.78, 5) is 12.1. The summed E-state index contributed by atoms with van der Waals surface area (Å²) in [6, 6.07) is 14.2. The average Bonchev–Trinajstić information content (AvgIpc) is 2.66. The van der Waals surface area contributed by atoms with Gasteiger partial charge in [-0.2, -0.15) is 0 Å². The summed E-state index contributed by atoms with van der Waals surface area (Å²) in [5, 5.41) is 6.29. The molecule has 2 aromatic carbocycles. The molecule has 2 rings (SSSR count). The second-order valence-corrected chi connectivity index (χ2v) is 5.96. The highest BCUT2D eigenvalue weighted by molar-refractivity contribution is 5.81. The molecule has 0 aliphatic carbocycles. The number of carbonyl (C=O) groups is 1. The second kappa shape index (κ2) is 9.72. The van der Waals surface area contributed by atoms with Gasteiger partial charge in [0.1, 0.15) is 5.75 Å². The Morgan fingerprint density at radius 3 is 2.20 bits per heavy atom. The lowest BCUT2D eigenvalue weighted by Gasteiger charge is -2.15. The van der Waals surface area contributed by atoms with Gasteiger partial charge in [-0.15, -0.1) is 0 Å². The number of methoxy groups -OCH3 is 1. The van der Waals surface area contributed by atoms with Crippen LogP contribution in [0.2, 0.25) is 0 Å². The topological polar surface area (TPSA) is 50.4 Å². The van der Waals surface area contributed by atoms with E-state index in [2.05, 4.69) is 42.7 Å². The van der Waals surface area contributed by atoms with Crippen LogP contribution in [0.25, 0.3) is 0 Å². The highest BCUT2D eigenvalue weighted by Gasteiger charge is 2.08. The Morgan fingerprint density at radius 2 is 1.64 bits per heavy atom. The lowest BCUT2D eigenvalue weighted by molar-refractivity contribution is -0.119. The maximum atomic E-state index is 12.1. The molecule has 134 valence electrons. The smallest absolute Gasteiger partial charge is 0.239 e. The first-order chi connectivity index (χ1) is 12.2.